The Kier molecular flexibility index (Phi) is 12.8. The SMILES string of the molecule is CCOCCCN=C(N)NCCOc1cccc(Br)c1.I. The Bertz CT molecular complexity index is 419. The Morgan fingerprint density at radius 2 is 2.19 bits per heavy atom. The van der Waals surface area contributed by atoms with Gasteiger partial charge in [0.1, 0.15) is 12.4 Å². The standard InChI is InChI=1S/C14H22BrN3O2.HI/c1-2-19-9-4-7-17-14(16)18-8-10-20-13-6-3-5-12(15)11-13;/h3,5-6,11H,2,4,7-10H2,1H3,(H3,16,17,18);1H. The van der Waals surface area contributed by atoms with Crippen LogP contribution in [0.3, 0.4) is 0 Å². The van der Waals surface area contributed by atoms with Gasteiger partial charge in [-0.25, -0.2) is 0 Å². The van der Waals surface area contributed by atoms with Crippen LogP contribution in [0.25, 0.3) is 0 Å². The summed E-state index contributed by atoms with van der Waals surface area (Å²) in [6, 6.07) is 7.72. The molecule has 21 heavy (non-hydrogen) atoms. The predicted molar refractivity (Wildman–Crippen MR) is 101 cm³/mol. The minimum Gasteiger partial charge on any atom is -0.492 e. The highest BCUT2D eigenvalue weighted by molar-refractivity contribution is 14.0. The normalized spacial score (nSPS) is 10.9. The van der Waals surface area contributed by atoms with Gasteiger partial charge in [0.15, 0.2) is 5.96 Å². The maximum atomic E-state index is 5.73. The van der Waals surface area contributed by atoms with Gasteiger partial charge in [-0.05, 0) is 31.5 Å². The molecule has 0 radical (unpaired) electrons. The number of nitrogens with two attached hydrogens (primary N) is 1. The average Bonchev–Trinajstić information content (AvgIpc) is 2.43. The van der Waals surface area contributed by atoms with Crippen LogP contribution < -0.4 is 15.8 Å². The molecule has 0 saturated heterocycles. The molecule has 0 atom stereocenters. The van der Waals surface area contributed by atoms with Crippen LogP contribution in [0.5, 0.6) is 5.75 Å². The van der Waals surface area contributed by atoms with E-state index in [0.29, 0.717) is 25.7 Å². The number of halogens is 2. The molecule has 0 saturated carbocycles. The third-order valence-electron chi connectivity index (χ3n) is 2.41. The first kappa shape index (κ1) is 20.5. The Morgan fingerprint density at radius 1 is 1.38 bits per heavy atom. The quantitative estimate of drug-likeness (QED) is 0.251. The fraction of sp³-hybridized carbons (Fsp3) is 0.500. The molecular weight excluding hydrogens is 449 g/mol. The Balaban J connectivity index is 0.00000400. The van der Waals surface area contributed by atoms with Gasteiger partial charge in [-0.1, -0.05) is 22.0 Å². The molecule has 120 valence electrons. The minimum absolute atomic E-state index is 0. The molecule has 5 nitrogen and oxygen atoms in total. The average molecular weight is 472 g/mol. The highest BCUT2D eigenvalue weighted by Crippen LogP contribution is 2.17. The summed E-state index contributed by atoms with van der Waals surface area (Å²) in [5.41, 5.74) is 5.73. The number of hydrogen-bond donors (Lipinski definition) is 2. The van der Waals surface area contributed by atoms with E-state index in [9.17, 15) is 0 Å². The van der Waals surface area contributed by atoms with Crippen molar-refractivity contribution in [3.63, 3.8) is 0 Å². The lowest BCUT2D eigenvalue weighted by atomic mass is 10.3. The first-order valence-corrected chi connectivity index (χ1v) is 7.51. The van der Waals surface area contributed by atoms with E-state index in [4.69, 9.17) is 15.2 Å². The van der Waals surface area contributed by atoms with Crippen LogP contribution in [0.1, 0.15) is 13.3 Å². The predicted octanol–water partition coefficient (Wildman–Crippen LogP) is 2.78. The molecule has 0 spiro atoms. The second-order valence-corrected chi connectivity index (χ2v) is 4.97. The van der Waals surface area contributed by atoms with Gasteiger partial charge in [-0.15, -0.1) is 24.0 Å². The second-order valence-electron chi connectivity index (χ2n) is 4.05. The third-order valence-corrected chi connectivity index (χ3v) is 2.90. The first-order valence-electron chi connectivity index (χ1n) is 6.72. The summed E-state index contributed by atoms with van der Waals surface area (Å²) in [6.07, 6.45) is 0.880. The van der Waals surface area contributed by atoms with Crippen molar-refractivity contribution in [3.8, 4) is 5.75 Å². The van der Waals surface area contributed by atoms with E-state index >= 15 is 0 Å². The van der Waals surface area contributed by atoms with Crippen molar-refractivity contribution in [3.05, 3.63) is 28.7 Å². The molecule has 0 aliphatic rings. The summed E-state index contributed by atoms with van der Waals surface area (Å²) < 4.78 is 11.8. The Hall–Kier alpha value is -0.540. The number of guanidine groups is 1. The molecular formula is C14H23BrIN3O2. The fourth-order valence-corrected chi connectivity index (χ4v) is 1.85. The number of hydrogen-bond acceptors (Lipinski definition) is 3. The van der Waals surface area contributed by atoms with Gasteiger partial charge in [-0.3, -0.25) is 4.99 Å². The van der Waals surface area contributed by atoms with Crippen LogP contribution in [-0.4, -0.2) is 38.9 Å². The maximum Gasteiger partial charge on any atom is 0.188 e. The zero-order valence-corrected chi connectivity index (χ0v) is 16.1. The maximum absolute atomic E-state index is 5.73. The van der Waals surface area contributed by atoms with Crippen molar-refractivity contribution >= 4 is 45.9 Å². The molecule has 1 aromatic carbocycles. The Labute approximate surface area is 151 Å². The van der Waals surface area contributed by atoms with Crippen LogP contribution in [-0.2, 0) is 4.74 Å². The van der Waals surface area contributed by atoms with Gasteiger partial charge in [-0.2, -0.15) is 0 Å². The van der Waals surface area contributed by atoms with Crippen molar-refractivity contribution in [1.29, 1.82) is 0 Å². The minimum atomic E-state index is 0. The van der Waals surface area contributed by atoms with Crippen molar-refractivity contribution in [1.82, 2.24) is 5.32 Å². The van der Waals surface area contributed by atoms with E-state index in [-0.39, 0.29) is 24.0 Å². The van der Waals surface area contributed by atoms with Gasteiger partial charge >= 0.3 is 0 Å². The molecule has 7 heteroatoms. The number of rotatable bonds is 9. The molecule has 1 rings (SSSR count). The largest absolute Gasteiger partial charge is 0.492 e. The summed E-state index contributed by atoms with van der Waals surface area (Å²) in [5.74, 6) is 1.27. The zero-order chi connectivity index (χ0) is 14.6. The lowest BCUT2D eigenvalue weighted by Crippen LogP contribution is -2.34. The monoisotopic (exact) mass is 471 g/mol. The highest BCUT2D eigenvalue weighted by Gasteiger charge is 1.95. The van der Waals surface area contributed by atoms with E-state index < -0.39 is 0 Å². The van der Waals surface area contributed by atoms with Crippen LogP contribution in [0.4, 0.5) is 0 Å². The first-order chi connectivity index (χ1) is 9.72. The topological polar surface area (TPSA) is 68.9 Å². The fourth-order valence-electron chi connectivity index (χ4n) is 1.47. The molecule has 0 unspecified atom stereocenters. The van der Waals surface area contributed by atoms with Crippen molar-refractivity contribution in [2.24, 2.45) is 10.7 Å². The van der Waals surface area contributed by atoms with E-state index in [0.717, 1.165) is 29.9 Å². The van der Waals surface area contributed by atoms with Crippen molar-refractivity contribution in [2.45, 2.75) is 13.3 Å². The molecule has 3 N–H and O–H groups in total. The molecule has 0 aliphatic carbocycles. The molecule has 1 aromatic rings. The summed E-state index contributed by atoms with van der Waals surface area (Å²) in [4.78, 5) is 4.19. The van der Waals surface area contributed by atoms with E-state index in [2.05, 4.69) is 26.2 Å². The number of ether oxygens (including phenoxy) is 2. The smallest absolute Gasteiger partial charge is 0.188 e. The van der Waals surface area contributed by atoms with Gasteiger partial charge < -0.3 is 20.5 Å². The van der Waals surface area contributed by atoms with Crippen LogP contribution in [0.2, 0.25) is 0 Å². The molecule has 0 heterocycles. The van der Waals surface area contributed by atoms with Gasteiger partial charge in [0.2, 0.25) is 0 Å². The lowest BCUT2D eigenvalue weighted by molar-refractivity contribution is 0.146. The second kappa shape index (κ2) is 13.1. The molecule has 0 aliphatic heterocycles. The van der Waals surface area contributed by atoms with Gasteiger partial charge in [0.05, 0.1) is 6.54 Å². The molecule has 0 bridgehead atoms. The number of nitrogens with zero attached hydrogens (tertiary/aromatic N) is 1. The number of aliphatic imine (C=N–C) groups is 1. The number of nitrogens with one attached hydrogen (secondary N) is 1. The van der Waals surface area contributed by atoms with Gasteiger partial charge in [0, 0.05) is 24.2 Å². The molecule has 0 aromatic heterocycles. The van der Waals surface area contributed by atoms with E-state index in [1.54, 1.807) is 0 Å². The summed E-state index contributed by atoms with van der Waals surface area (Å²) in [6.45, 7) is 5.26. The van der Waals surface area contributed by atoms with E-state index in [1.807, 2.05) is 31.2 Å². The van der Waals surface area contributed by atoms with E-state index in [1.165, 1.54) is 0 Å². The summed E-state index contributed by atoms with van der Waals surface area (Å²) >= 11 is 3.40. The van der Waals surface area contributed by atoms with Crippen LogP contribution in [0, 0.1) is 0 Å². The zero-order valence-electron chi connectivity index (χ0n) is 12.2. The molecule has 0 amide bonds. The summed E-state index contributed by atoms with van der Waals surface area (Å²) in [5, 5.41) is 3.01. The lowest BCUT2D eigenvalue weighted by Gasteiger charge is -2.08. The Morgan fingerprint density at radius 3 is 2.90 bits per heavy atom. The highest BCUT2D eigenvalue weighted by atomic mass is 127. The van der Waals surface area contributed by atoms with Crippen LogP contribution in [0.15, 0.2) is 33.7 Å². The molecule has 0 fully saturated rings. The number of benzene rings is 1. The summed E-state index contributed by atoms with van der Waals surface area (Å²) in [7, 11) is 0. The third kappa shape index (κ3) is 10.8. The van der Waals surface area contributed by atoms with Crippen LogP contribution >= 0.6 is 39.9 Å². The van der Waals surface area contributed by atoms with Crippen molar-refractivity contribution in [2.75, 3.05) is 32.9 Å². The van der Waals surface area contributed by atoms with Crippen molar-refractivity contribution < 1.29 is 9.47 Å². The van der Waals surface area contributed by atoms with Gasteiger partial charge in [0.25, 0.3) is 0 Å².